The Balaban J connectivity index is 4.60. The van der Waals surface area contributed by atoms with Gasteiger partial charge in [0.2, 0.25) is 11.8 Å². The molecule has 78 valence electrons. The Morgan fingerprint density at radius 2 is 1.79 bits per heavy atom. The van der Waals surface area contributed by atoms with Gasteiger partial charge in [0, 0.05) is 20.2 Å². The van der Waals surface area contributed by atoms with E-state index < -0.39 is 17.8 Å². The normalized spacial score (nSPS) is 10.6. The molecule has 0 heterocycles. The van der Waals surface area contributed by atoms with Gasteiger partial charge in [-0.05, 0) is 0 Å². The van der Waals surface area contributed by atoms with Gasteiger partial charge in [0.25, 0.3) is 0 Å². The Hall–Kier alpha value is -1.85. The van der Waals surface area contributed by atoms with Gasteiger partial charge in [-0.3, -0.25) is 9.59 Å². The van der Waals surface area contributed by atoms with E-state index in [1.807, 2.05) is 0 Å². The maximum absolute atomic E-state index is 10.8. The monoisotopic (exact) mass is 200 g/mol. The van der Waals surface area contributed by atoms with Crippen molar-refractivity contribution in [1.82, 2.24) is 10.6 Å². The summed E-state index contributed by atoms with van der Waals surface area (Å²) in [6.07, 6.45) is 0.566. The molecule has 0 radical (unpaired) electrons. The van der Waals surface area contributed by atoms with Gasteiger partial charge in [-0.2, -0.15) is 0 Å². The van der Waals surface area contributed by atoms with Crippen molar-refractivity contribution in [2.45, 2.75) is 6.42 Å². The lowest BCUT2D eigenvalue weighted by atomic mass is 10.1. The lowest BCUT2D eigenvalue weighted by Crippen LogP contribution is -2.22. The summed E-state index contributed by atoms with van der Waals surface area (Å²) >= 11 is 0. The third-order valence-corrected chi connectivity index (χ3v) is 1.46. The molecule has 0 unspecified atom stereocenters. The van der Waals surface area contributed by atoms with E-state index in [0.717, 1.165) is 6.08 Å². The number of hydrogen-bond acceptors (Lipinski definition) is 3. The van der Waals surface area contributed by atoms with Crippen LogP contribution in [0.2, 0.25) is 0 Å². The first-order valence-corrected chi connectivity index (χ1v) is 3.87. The summed E-state index contributed by atoms with van der Waals surface area (Å²) in [4.78, 5) is 32.2. The first-order chi connectivity index (χ1) is 6.51. The molecule has 0 aromatic carbocycles. The van der Waals surface area contributed by atoms with Crippen LogP contribution in [-0.4, -0.2) is 37.0 Å². The van der Waals surface area contributed by atoms with Gasteiger partial charge in [-0.25, -0.2) is 4.79 Å². The van der Waals surface area contributed by atoms with Gasteiger partial charge in [-0.1, -0.05) is 0 Å². The number of carbonyl (C=O) groups excluding carboxylic acids is 2. The van der Waals surface area contributed by atoms with Crippen molar-refractivity contribution in [3.05, 3.63) is 11.6 Å². The zero-order valence-electron chi connectivity index (χ0n) is 7.96. The van der Waals surface area contributed by atoms with E-state index in [1.54, 1.807) is 0 Å². The summed E-state index contributed by atoms with van der Waals surface area (Å²) in [6.45, 7) is 0. The van der Waals surface area contributed by atoms with Crippen LogP contribution in [0.15, 0.2) is 11.6 Å². The molecule has 0 aliphatic rings. The Kier molecular flexibility index (Phi) is 4.98. The molecule has 0 aromatic heterocycles. The van der Waals surface area contributed by atoms with Gasteiger partial charge in [0.05, 0.1) is 12.0 Å². The standard InChI is InChI=1S/C8H12N2O4/c1-9-6(11)3-5(8(13)14)4-7(12)10-2/h3H,4H2,1-2H3,(H,9,11)(H,10,12)(H,13,14). The van der Waals surface area contributed by atoms with Crippen LogP contribution in [0.4, 0.5) is 0 Å². The van der Waals surface area contributed by atoms with Crippen molar-refractivity contribution in [2.24, 2.45) is 0 Å². The highest BCUT2D eigenvalue weighted by Gasteiger charge is 2.12. The number of carboxylic acids is 1. The number of likely N-dealkylation sites (N-methyl/N-ethyl adjacent to an activating group) is 1. The van der Waals surface area contributed by atoms with Crippen molar-refractivity contribution >= 4 is 17.8 Å². The van der Waals surface area contributed by atoms with E-state index >= 15 is 0 Å². The van der Waals surface area contributed by atoms with Crippen LogP contribution >= 0.6 is 0 Å². The third kappa shape index (κ3) is 4.24. The minimum atomic E-state index is -1.28. The molecule has 0 aliphatic carbocycles. The largest absolute Gasteiger partial charge is 0.478 e. The highest BCUT2D eigenvalue weighted by molar-refractivity contribution is 6.01. The van der Waals surface area contributed by atoms with Crippen molar-refractivity contribution < 1.29 is 19.5 Å². The smallest absolute Gasteiger partial charge is 0.332 e. The van der Waals surface area contributed by atoms with Gasteiger partial charge in [0.1, 0.15) is 0 Å². The molecule has 0 aromatic rings. The zero-order valence-corrected chi connectivity index (χ0v) is 7.96. The summed E-state index contributed by atoms with van der Waals surface area (Å²) in [5.41, 5.74) is -0.247. The van der Waals surface area contributed by atoms with Gasteiger partial charge in [-0.15, -0.1) is 0 Å². The molecule has 0 bridgehead atoms. The fourth-order valence-corrected chi connectivity index (χ4v) is 0.680. The number of hydrogen-bond donors (Lipinski definition) is 3. The van der Waals surface area contributed by atoms with Crippen LogP contribution < -0.4 is 10.6 Å². The molecule has 6 nitrogen and oxygen atoms in total. The summed E-state index contributed by atoms with van der Waals surface area (Å²) < 4.78 is 0. The number of aliphatic carboxylic acids is 1. The molecule has 0 atom stereocenters. The van der Waals surface area contributed by atoms with Crippen molar-refractivity contribution in [3.8, 4) is 0 Å². The maximum Gasteiger partial charge on any atom is 0.332 e. The highest BCUT2D eigenvalue weighted by Crippen LogP contribution is 2.01. The number of carbonyl (C=O) groups is 3. The summed E-state index contributed by atoms with van der Waals surface area (Å²) in [6, 6.07) is 0. The summed E-state index contributed by atoms with van der Waals surface area (Å²) in [5.74, 6) is -2.29. The van der Waals surface area contributed by atoms with Gasteiger partial charge < -0.3 is 15.7 Å². The van der Waals surface area contributed by atoms with Crippen LogP contribution in [0.3, 0.4) is 0 Å². The number of rotatable bonds is 4. The second kappa shape index (κ2) is 5.74. The predicted octanol–water partition coefficient (Wildman–Crippen LogP) is -1.12. The van der Waals surface area contributed by atoms with E-state index in [-0.39, 0.29) is 12.0 Å². The van der Waals surface area contributed by atoms with E-state index in [2.05, 4.69) is 10.6 Å². The Labute approximate surface area is 81.0 Å². The van der Waals surface area contributed by atoms with Crippen molar-refractivity contribution in [2.75, 3.05) is 14.1 Å². The second-order valence-corrected chi connectivity index (χ2v) is 2.44. The molecule has 0 saturated carbocycles. The molecule has 0 saturated heterocycles. The predicted molar refractivity (Wildman–Crippen MR) is 48.5 cm³/mol. The number of amides is 2. The number of carboxylic acid groups (broad SMARTS) is 1. The molecule has 2 amide bonds. The average molecular weight is 200 g/mol. The van der Waals surface area contributed by atoms with E-state index in [1.165, 1.54) is 14.1 Å². The zero-order chi connectivity index (χ0) is 11.1. The third-order valence-electron chi connectivity index (χ3n) is 1.46. The van der Waals surface area contributed by atoms with Crippen molar-refractivity contribution in [1.29, 1.82) is 0 Å². The maximum atomic E-state index is 10.8. The molecular weight excluding hydrogens is 188 g/mol. The molecule has 3 N–H and O–H groups in total. The van der Waals surface area contributed by atoms with Crippen LogP contribution in [0, 0.1) is 0 Å². The fraction of sp³-hybridized carbons (Fsp3) is 0.375. The van der Waals surface area contributed by atoms with E-state index in [0.29, 0.717) is 0 Å². The Morgan fingerprint density at radius 3 is 2.14 bits per heavy atom. The van der Waals surface area contributed by atoms with Crippen LogP contribution in [-0.2, 0) is 14.4 Å². The molecule has 0 aliphatic heterocycles. The molecule has 0 fully saturated rings. The second-order valence-electron chi connectivity index (χ2n) is 2.44. The van der Waals surface area contributed by atoms with Gasteiger partial charge >= 0.3 is 5.97 Å². The lowest BCUT2D eigenvalue weighted by Gasteiger charge is -2.00. The van der Waals surface area contributed by atoms with Gasteiger partial charge in [0.15, 0.2) is 0 Å². The lowest BCUT2D eigenvalue weighted by molar-refractivity contribution is -0.134. The van der Waals surface area contributed by atoms with E-state index in [4.69, 9.17) is 5.11 Å². The first-order valence-electron chi connectivity index (χ1n) is 3.87. The number of nitrogens with one attached hydrogen (secondary N) is 2. The van der Waals surface area contributed by atoms with E-state index in [9.17, 15) is 14.4 Å². The van der Waals surface area contributed by atoms with Crippen LogP contribution in [0.1, 0.15) is 6.42 Å². The minimum absolute atomic E-state index is 0.247. The highest BCUT2D eigenvalue weighted by atomic mass is 16.4. The Bertz CT molecular complexity index is 283. The molecular formula is C8H12N2O4. The molecule has 0 rings (SSSR count). The van der Waals surface area contributed by atoms with Crippen LogP contribution in [0.5, 0.6) is 0 Å². The summed E-state index contributed by atoms with van der Waals surface area (Å²) in [5, 5.41) is 13.1. The molecule has 6 heteroatoms. The average Bonchev–Trinajstić information content (AvgIpc) is 2.16. The first kappa shape index (κ1) is 12.2. The Morgan fingerprint density at radius 1 is 1.21 bits per heavy atom. The fourth-order valence-electron chi connectivity index (χ4n) is 0.680. The van der Waals surface area contributed by atoms with Crippen molar-refractivity contribution in [3.63, 3.8) is 0 Å². The topological polar surface area (TPSA) is 95.5 Å². The summed E-state index contributed by atoms with van der Waals surface area (Å²) in [7, 11) is 2.76. The SMILES string of the molecule is CNC(=O)C=C(CC(=O)NC)C(=O)O. The minimum Gasteiger partial charge on any atom is -0.478 e. The molecule has 0 spiro atoms. The molecule has 14 heavy (non-hydrogen) atoms. The quantitative estimate of drug-likeness (QED) is 0.501. The van der Waals surface area contributed by atoms with Crippen LogP contribution in [0.25, 0.3) is 0 Å².